The monoisotopic (exact) mass is 839 g/mol. The van der Waals surface area contributed by atoms with E-state index >= 15 is 0 Å². The molecule has 12 rings (SSSR count). The third-order valence-corrected chi connectivity index (χ3v) is 14.4. The van der Waals surface area contributed by atoms with E-state index in [4.69, 9.17) is 9.97 Å². The fourth-order valence-electron chi connectivity index (χ4n) is 8.92. The summed E-state index contributed by atoms with van der Waals surface area (Å²) in [6.45, 7) is 0. The van der Waals surface area contributed by atoms with Crippen LogP contribution in [0.4, 0.5) is 17.1 Å². The summed E-state index contributed by atoms with van der Waals surface area (Å²) < 4.78 is 5.15. The number of nitrogens with zero attached hydrogens (tertiary/aromatic N) is 3. The van der Waals surface area contributed by atoms with Gasteiger partial charge in [0, 0.05) is 57.3 Å². The minimum absolute atomic E-state index is 0.674. The van der Waals surface area contributed by atoms with E-state index in [0.717, 1.165) is 33.8 Å². The smallest absolute Gasteiger partial charge is 0.159 e. The van der Waals surface area contributed by atoms with Gasteiger partial charge in [0.1, 0.15) is 0 Å². The summed E-state index contributed by atoms with van der Waals surface area (Å²) in [4.78, 5) is 12.6. The van der Waals surface area contributed by atoms with E-state index in [2.05, 4.69) is 217 Å². The van der Waals surface area contributed by atoms with Crippen molar-refractivity contribution in [2.45, 2.75) is 0 Å². The zero-order chi connectivity index (χ0) is 41.7. The molecule has 9 aromatic carbocycles. The molecule has 0 atom stereocenters. The molecule has 0 N–H and O–H groups in total. The van der Waals surface area contributed by atoms with Crippen molar-refractivity contribution < 1.29 is 0 Å². The van der Waals surface area contributed by atoms with Crippen LogP contribution in [0.15, 0.2) is 225 Å². The quantitative estimate of drug-likeness (QED) is 0.153. The minimum Gasteiger partial charge on any atom is -0.308 e. The molecule has 0 aliphatic carbocycles. The maximum absolute atomic E-state index is 5.17. The average Bonchev–Trinajstić information content (AvgIpc) is 3.94. The van der Waals surface area contributed by atoms with Crippen LogP contribution in [0, 0.1) is 0 Å². The maximum atomic E-state index is 5.17. The van der Waals surface area contributed by atoms with Crippen molar-refractivity contribution >= 4 is 80.1 Å². The normalized spacial score (nSPS) is 11.5. The summed E-state index contributed by atoms with van der Waals surface area (Å²) in [5.41, 5.74) is 13.3. The number of rotatable bonds is 8. The zero-order valence-corrected chi connectivity index (χ0v) is 35.7. The molecular formula is C58H37N3S2. The van der Waals surface area contributed by atoms with E-state index in [1.165, 1.54) is 73.7 Å². The van der Waals surface area contributed by atoms with Gasteiger partial charge in [-0.2, -0.15) is 0 Å². The molecule has 0 saturated carbocycles. The van der Waals surface area contributed by atoms with Crippen LogP contribution in [-0.4, -0.2) is 9.97 Å². The standard InChI is InChI=1S/C58H37N3S2/c1-3-13-38(14-4-1)40-25-29-45(30-26-40)61(46-31-27-41(28-32-46)39-15-5-2-6-16-39)47-36-59-58(60-37-47)44-34-42(48-19-11-21-52-50-17-7-9-23-54(50)62-56(48)52)33-43(35-44)49-20-12-22-53-51-18-8-10-24-55(51)63-57(49)53/h1-37H. The van der Waals surface area contributed by atoms with Gasteiger partial charge in [0.05, 0.1) is 18.1 Å². The molecule has 0 spiro atoms. The Morgan fingerprint density at radius 2 is 0.698 bits per heavy atom. The first-order chi connectivity index (χ1) is 31.2. The Bertz CT molecular complexity index is 3380. The third kappa shape index (κ3) is 6.75. The summed E-state index contributed by atoms with van der Waals surface area (Å²) in [6.07, 6.45) is 3.93. The van der Waals surface area contributed by atoms with Crippen molar-refractivity contribution in [1.29, 1.82) is 0 Å². The summed E-state index contributed by atoms with van der Waals surface area (Å²) >= 11 is 3.71. The molecule has 0 radical (unpaired) electrons. The van der Waals surface area contributed by atoms with Crippen molar-refractivity contribution in [1.82, 2.24) is 9.97 Å². The topological polar surface area (TPSA) is 29.0 Å². The van der Waals surface area contributed by atoms with E-state index < -0.39 is 0 Å². The van der Waals surface area contributed by atoms with Crippen molar-refractivity contribution in [3.05, 3.63) is 225 Å². The SMILES string of the molecule is c1ccc(-c2ccc(N(c3ccc(-c4ccccc4)cc3)c3cnc(-c4cc(-c5cccc6c5sc5ccccc56)cc(-c5cccc6c5sc5ccccc56)c4)nc3)cc2)cc1. The maximum Gasteiger partial charge on any atom is 0.159 e. The lowest BCUT2D eigenvalue weighted by Gasteiger charge is -2.25. The first kappa shape index (κ1) is 37.1. The lowest BCUT2D eigenvalue weighted by atomic mass is 9.94. The second-order valence-electron chi connectivity index (χ2n) is 15.8. The Labute approximate surface area is 373 Å². The molecule has 63 heavy (non-hydrogen) atoms. The lowest BCUT2D eigenvalue weighted by Crippen LogP contribution is -2.11. The minimum atomic E-state index is 0.674. The predicted octanol–water partition coefficient (Wildman–Crippen LogP) is 17.0. The van der Waals surface area contributed by atoms with E-state index in [9.17, 15) is 0 Å². The van der Waals surface area contributed by atoms with Crippen LogP contribution in [0.5, 0.6) is 0 Å². The highest BCUT2D eigenvalue weighted by Crippen LogP contribution is 2.45. The van der Waals surface area contributed by atoms with Crippen LogP contribution in [-0.2, 0) is 0 Å². The van der Waals surface area contributed by atoms with Gasteiger partial charge in [0.15, 0.2) is 5.82 Å². The fraction of sp³-hybridized carbons (Fsp3) is 0. The highest BCUT2D eigenvalue weighted by molar-refractivity contribution is 7.26. The van der Waals surface area contributed by atoms with Crippen molar-refractivity contribution in [3.8, 4) is 55.9 Å². The molecule has 296 valence electrons. The molecule has 3 aromatic heterocycles. The van der Waals surface area contributed by atoms with Gasteiger partial charge in [-0.3, -0.25) is 0 Å². The zero-order valence-electron chi connectivity index (χ0n) is 34.0. The van der Waals surface area contributed by atoms with Crippen molar-refractivity contribution in [2.75, 3.05) is 4.90 Å². The molecule has 3 nitrogen and oxygen atoms in total. The van der Waals surface area contributed by atoms with Gasteiger partial charge in [0.25, 0.3) is 0 Å². The van der Waals surface area contributed by atoms with Crippen molar-refractivity contribution in [3.63, 3.8) is 0 Å². The summed E-state index contributed by atoms with van der Waals surface area (Å²) in [6, 6.07) is 76.2. The molecular weight excluding hydrogens is 803 g/mol. The van der Waals surface area contributed by atoms with Gasteiger partial charge in [0.2, 0.25) is 0 Å². The van der Waals surface area contributed by atoms with E-state index in [1.807, 2.05) is 35.1 Å². The molecule has 0 bridgehead atoms. The van der Waals surface area contributed by atoms with Gasteiger partial charge >= 0.3 is 0 Å². The molecule has 3 heterocycles. The van der Waals surface area contributed by atoms with Crippen LogP contribution >= 0.6 is 22.7 Å². The fourth-order valence-corrected chi connectivity index (χ4v) is 11.4. The van der Waals surface area contributed by atoms with E-state index in [0.29, 0.717) is 5.82 Å². The predicted molar refractivity (Wildman–Crippen MR) is 270 cm³/mol. The Morgan fingerprint density at radius 3 is 1.17 bits per heavy atom. The van der Waals surface area contributed by atoms with Gasteiger partial charge in [-0.15, -0.1) is 22.7 Å². The van der Waals surface area contributed by atoms with Crippen LogP contribution in [0.25, 0.3) is 96.2 Å². The average molecular weight is 840 g/mol. The molecule has 0 amide bonds. The molecule has 0 saturated heterocycles. The molecule has 0 aliphatic rings. The molecule has 0 aliphatic heterocycles. The van der Waals surface area contributed by atoms with Crippen LogP contribution in [0.2, 0.25) is 0 Å². The second kappa shape index (κ2) is 15.6. The second-order valence-corrected chi connectivity index (χ2v) is 17.9. The lowest BCUT2D eigenvalue weighted by molar-refractivity contribution is 1.14. The summed E-state index contributed by atoms with van der Waals surface area (Å²) in [7, 11) is 0. The largest absolute Gasteiger partial charge is 0.308 e. The summed E-state index contributed by atoms with van der Waals surface area (Å²) in [5, 5.41) is 5.14. The number of thiophene rings is 2. The number of fused-ring (bicyclic) bond motifs is 6. The molecule has 5 heteroatoms. The number of benzene rings is 9. The van der Waals surface area contributed by atoms with Gasteiger partial charge < -0.3 is 4.90 Å². The highest BCUT2D eigenvalue weighted by Gasteiger charge is 2.19. The Hall–Kier alpha value is -7.70. The van der Waals surface area contributed by atoms with Crippen LogP contribution in [0.3, 0.4) is 0 Å². The number of anilines is 3. The van der Waals surface area contributed by atoms with E-state index in [-0.39, 0.29) is 0 Å². The Morgan fingerprint density at radius 1 is 0.302 bits per heavy atom. The molecule has 0 fully saturated rings. The van der Waals surface area contributed by atoms with Gasteiger partial charge in [-0.05, 0) is 99.1 Å². The first-order valence-electron chi connectivity index (χ1n) is 21.1. The van der Waals surface area contributed by atoms with Gasteiger partial charge in [-0.25, -0.2) is 9.97 Å². The van der Waals surface area contributed by atoms with E-state index in [1.54, 1.807) is 0 Å². The highest BCUT2D eigenvalue weighted by atomic mass is 32.1. The first-order valence-corrected chi connectivity index (χ1v) is 22.8. The van der Waals surface area contributed by atoms with Crippen LogP contribution in [0.1, 0.15) is 0 Å². The molecule has 0 unspecified atom stereocenters. The molecule has 12 aromatic rings. The van der Waals surface area contributed by atoms with Crippen LogP contribution < -0.4 is 4.90 Å². The Balaban J connectivity index is 0.994. The summed E-state index contributed by atoms with van der Waals surface area (Å²) in [5.74, 6) is 0.674. The number of hydrogen-bond donors (Lipinski definition) is 0. The van der Waals surface area contributed by atoms with Gasteiger partial charge in [-0.1, -0.05) is 158 Å². The number of aromatic nitrogens is 2. The Kier molecular flexibility index (Phi) is 9.21. The third-order valence-electron chi connectivity index (χ3n) is 12.0. The number of hydrogen-bond acceptors (Lipinski definition) is 5. The van der Waals surface area contributed by atoms with Crippen molar-refractivity contribution in [2.24, 2.45) is 0 Å².